The van der Waals surface area contributed by atoms with E-state index in [1.165, 1.54) is 11.3 Å². The molecule has 0 bridgehead atoms. The molecule has 1 heterocycles. The average Bonchev–Trinajstić information content (AvgIpc) is 2.86. The van der Waals surface area contributed by atoms with E-state index in [9.17, 15) is 0 Å². The number of hydrogen-bond donors (Lipinski definition) is 1. The molecular weight excluding hydrogens is 220 g/mol. The molecule has 2 nitrogen and oxygen atoms in total. The van der Waals surface area contributed by atoms with Gasteiger partial charge in [0.05, 0.1) is 0 Å². The minimum absolute atomic E-state index is 0.417. The highest BCUT2D eigenvalue weighted by atomic mass is 15.0. The Labute approximate surface area is 110 Å². The third-order valence-electron chi connectivity index (χ3n) is 3.30. The largest absolute Gasteiger partial charge is 0.350 e. The highest BCUT2D eigenvalue weighted by Crippen LogP contribution is 2.14. The van der Waals surface area contributed by atoms with Crippen molar-refractivity contribution >= 4 is 0 Å². The van der Waals surface area contributed by atoms with Crippen LogP contribution in [0, 0.1) is 0 Å². The first-order chi connectivity index (χ1) is 8.81. The molecule has 1 aromatic carbocycles. The van der Waals surface area contributed by atoms with Gasteiger partial charge in [0.25, 0.3) is 0 Å². The molecule has 0 spiro atoms. The Kier molecular flexibility index (Phi) is 4.59. The van der Waals surface area contributed by atoms with E-state index >= 15 is 0 Å². The number of hydrogen-bond acceptors (Lipinski definition) is 1. The quantitative estimate of drug-likeness (QED) is 0.821. The van der Waals surface area contributed by atoms with E-state index in [2.05, 4.69) is 72.4 Å². The molecule has 0 saturated carbocycles. The molecule has 2 rings (SSSR count). The first-order valence-electron chi connectivity index (χ1n) is 6.73. The van der Waals surface area contributed by atoms with Crippen molar-refractivity contribution in [2.75, 3.05) is 6.54 Å². The van der Waals surface area contributed by atoms with Crippen molar-refractivity contribution in [1.82, 2.24) is 9.88 Å². The van der Waals surface area contributed by atoms with E-state index in [1.807, 2.05) is 0 Å². The maximum atomic E-state index is 3.47. The van der Waals surface area contributed by atoms with Crippen LogP contribution >= 0.6 is 0 Å². The zero-order valence-corrected chi connectivity index (χ0v) is 11.3. The summed E-state index contributed by atoms with van der Waals surface area (Å²) in [6.45, 7) is 6.42. The number of rotatable bonds is 6. The van der Waals surface area contributed by atoms with Crippen LogP contribution in [0.15, 0.2) is 48.7 Å². The Balaban J connectivity index is 2.00. The summed E-state index contributed by atoms with van der Waals surface area (Å²) in [4.78, 5) is 0. The van der Waals surface area contributed by atoms with Crippen molar-refractivity contribution in [2.24, 2.45) is 0 Å². The maximum Gasteiger partial charge on any atom is 0.0446 e. The zero-order chi connectivity index (χ0) is 12.8. The van der Waals surface area contributed by atoms with Gasteiger partial charge in [0.15, 0.2) is 0 Å². The Morgan fingerprint density at radius 1 is 1.11 bits per heavy atom. The third kappa shape index (κ3) is 3.23. The Morgan fingerprint density at radius 2 is 1.89 bits per heavy atom. The molecule has 18 heavy (non-hydrogen) atoms. The lowest BCUT2D eigenvalue weighted by molar-refractivity contribution is 0.539. The average molecular weight is 242 g/mol. The number of aryl methyl sites for hydroxylation is 2. The van der Waals surface area contributed by atoms with Gasteiger partial charge in [0.2, 0.25) is 0 Å². The predicted octanol–water partition coefficient (Wildman–Crippen LogP) is 3.40. The standard InChI is InChI=1S/C16H22N2/c1-3-17-14(2)16-10-7-12-18(16)13-11-15-8-5-4-6-9-15/h4-10,12,14,17H,3,11,13H2,1-2H3. The van der Waals surface area contributed by atoms with E-state index in [0.717, 1.165) is 19.5 Å². The summed E-state index contributed by atoms with van der Waals surface area (Å²) < 4.78 is 2.35. The van der Waals surface area contributed by atoms with E-state index in [1.54, 1.807) is 0 Å². The monoisotopic (exact) mass is 242 g/mol. The van der Waals surface area contributed by atoms with Gasteiger partial charge in [-0.2, -0.15) is 0 Å². The van der Waals surface area contributed by atoms with Gasteiger partial charge in [-0.3, -0.25) is 0 Å². The fraction of sp³-hybridized carbons (Fsp3) is 0.375. The first kappa shape index (κ1) is 12.9. The predicted molar refractivity (Wildman–Crippen MR) is 76.7 cm³/mol. The highest BCUT2D eigenvalue weighted by molar-refractivity contribution is 5.16. The Bertz CT molecular complexity index is 459. The summed E-state index contributed by atoms with van der Waals surface area (Å²) in [6.07, 6.45) is 3.26. The normalized spacial score (nSPS) is 12.6. The summed E-state index contributed by atoms with van der Waals surface area (Å²) in [5.41, 5.74) is 2.76. The Morgan fingerprint density at radius 3 is 2.61 bits per heavy atom. The van der Waals surface area contributed by atoms with Gasteiger partial charge in [0, 0.05) is 24.5 Å². The van der Waals surface area contributed by atoms with Gasteiger partial charge in [-0.05, 0) is 37.6 Å². The molecule has 1 atom stereocenters. The first-order valence-corrected chi connectivity index (χ1v) is 6.73. The molecule has 1 N–H and O–H groups in total. The molecule has 1 unspecified atom stereocenters. The number of aromatic nitrogens is 1. The molecule has 2 aromatic rings. The summed E-state index contributed by atoms with van der Waals surface area (Å²) in [5, 5.41) is 3.47. The smallest absolute Gasteiger partial charge is 0.0446 e. The molecule has 0 aliphatic rings. The van der Waals surface area contributed by atoms with Crippen molar-refractivity contribution in [3.8, 4) is 0 Å². The van der Waals surface area contributed by atoms with E-state index < -0.39 is 0 Å². The molecule has 0 aliphatic heterocycles. The number of nitrogens with zero attached hydrogens (tertiary/aromatic N) is 1. The molecule has 0 radical (unpaired) electrons. The third-order valence-corrected chi connectivity index (χ3v) is 3.30. The lowest BCUT2D eigenvalue weighted by Crippen LogP contribution is -2.21. The van der Waals surface area contributed by atoms with Crippen LogP contribution in [0.4, 0.5) is 0 Å². The van der Waals surface area contributed by atoms with Gasteiger partial charge >= 0.3 is 0 Å². The fourth-order valence-electron chi connectivity index (χ4n) is 2.33. The van der Waals surface area contributed by atoms with Crippen LogP contribution in [0.5, 0.6) is 0 Å². The maximum absolute atomic E-state index is 3.47. The summed E-state index contributed by atoms with van der Waals surface area (Å²) >= 11 is 0. The van der Waals surface area contributed by atoms with Crippen molar-refractivity contribution in [3.05, 3.63) is 59.9 Å². The zero-order valence-electron chi connectivity index (χ0n) is 11.3. The number of benzene rings is 1. The second kappa shape index (κ2) is 6.41. The van der Waals surface area contributed by atoms with Gasteiger partial charge < -0.3 is 9.88 Å². The minimum atomic E-state index is 0.417. The van der Waals surface area contributed by atoms with Gasteiger partial charge in [0.1, 0.15) is 0 Å². The van der Waals surface area contributed by atoms with Crippen LogP contribution in [0.3, 0.4) is 0 Å². The van der Waals surface area contributed by atoms with E-state index in [-0.39, 0.29) is 0 Å². The second-order valence-corrected chi connectivity index (χ2v) is 4.64. The van der Waals surface area contributed by atoms with Crippen molar-refractivity contribution in [3.63, 3.8) is 0 Å². The molecule has 0 saturated heterocycles. The fourth-order valence-corrected chi connectivity index (χ4v) is 2.33. The molecule has 1 aromatic heterocycles. The molecule has 0 aliphatic carbocycles. The van der Waals surface area contributed by atoms with E-state index in [4.69, 9.17) is 0 Å². The molecule has 96 valence electrons. The topological polar surface area (TPSA) is 17.0 Å². The molecular formula is C16H22N2. The number of nitrogens with one attached hydrogen (secondary N) is 1. The Hall–Kier alpha value is -1.54. The van der Waals surface area contributed by atoms with Crippen LogP contribution in [-0.4, -0.2) is 11.1 Å². The van der Waals surface area contributed by atoms with Crippen molar-refractivity contribution < 1.29 is 0 Å². The summed E-state index contributed by atoms with van der Waals surface area (Å²) in [6, 6.07) is 15.4. The van der Waals surface area contributed by atoms with Gasteiger partial charge in [-0.15, -0.1) is 0 Å². The van der Waals surface area contributed by atoms with E-state index in [0.29, 0.717) is 6.04 Å². The second-order valence-electron chi connectivity index (χ2n) is 4.64. The highest BCUT2D eigenvalue weighted by Gasteiger charge is 2.08. The van der Waals surface area contributed by atoms with Crippen LogP contribution < -0.4 is 5.32 Å². The van der Waals surface area contributed by atoms with Crippen molar-refractivity contribution in [1.29, 1.82) is 0 Å². The SMILES string of the molecule is CCNC(C)c1cccn1CCc1ccccc1. The lowest BCUT2D eigenvalue weighted by Gasteiger charge is -2.16. The molecule has 0 amide bonds. The minimum Gasteiger partial charge on any atom is -0.350 e. The van der Waals surface area contributed by atoms with Crippen molar-refractivity contribution in [2.45, 2.75) is 32.9 Å². The lowest BCUT2D eigenvalue weighted by atomic mass is 10.1. The molecule has 0 fully saturated rings. The summed E-state index contributed by atoms with van der Waals surface area (Å²) in [7, 11) is 0. The van der Waals surface area contributed by atoms with Crippen LogP contribution in [0.2, 0.25) is 0 Å². The van der Waals surface area contributed by atoms with Crippen LogP contribution in [0.25, 0.3) is 0 Å². The van der Waals surface area contributed by atoms with Crippen LogP contribution in [-0.2, 0) is 13.0 Å². The van der Waals surface area contributed by atoms with Gasteiger partial charge in [-0.1, -0.05) is 37.3 Å². The van der Waals surface area contributed by atoms with Crippen LogP contribution in [0.1, 0.15) is 31.1 Å². The van der Waals surface area contributed by atoms with Gasteiger partial charge in [-0.25, -0.2) is 0 Å². The molecule has 2 heteroatoms. The summed E-state index contributed by atoms with van der Waals surface area (Å²) in [5.74, 6) is 0.